The van der Waals surface area contributed by atoms with Gasteiger partial charge in [0.25, 0.3) is 11.8 Å². The first kappa shape index (κ1) is 22.5. The van der Waals surface area contributed by atoms with Crippen molar-refractivity contribution in [1.82, 2.24) is 24.9 Å². The number of hydrogen-bond donors (Lipinski definition) is 2. The summed E-state index contributed by atoms with van der Waals surface area (Å²) < 4.78 is 7.22. The Morgan fingerprint density at radius 1 is 1.11 bits per heavy atom. The van der Waals surface area contributed by atoms with E-state index in [4.69, 9.17) is 10.3 Å². The molecule has 3 aromatic heterocycles. The minimum atomic E-state index is -0.234. The number of anilines is 2. The average molecular weight is 486 g/mol. The lowest BCUT2D eigenvalue weighted by atomic mass is 10.1. The zero-order valence-corrected chi connectivity index (χ0v) is 20.3. The van der Waals surface area contributed by atoms with Crippen LogP contribution in [0.2, 0.25) is 0 Å². The van der Waals surface area contributed by atoms with Gasteiger partial charge >= 0.3 is 0 Å². The predicted octanol–water partition coefficient (Wildman–Crippen LogP) is 5.19. The molecule has 0 aliphatic heterocycles. The van der Waals surface area contributed by atoms with Crippen molar-refractivity contribution in [3.05, 3.63) is 71.5 Å². The van der Waals surface area contributed by atoms with E-state index in [1.807, 2.05) is 69.3 Å². The molecule has 5 aromatic rings. The molecule has 10 heteroatoms. The average Bonchev–Trinajstić information content (AvgIpc) is 3.59. The minimum absolute atomic E-state index is 0.234. The number of hydrogen-bond acceptors (Lipinski definition) is 8. The predicted molar refractivity (Wildman–Crippen MR) is 136 cm³/mol. The van der Waals surface area contributed by atoms with Crippen LogP contribution in [0.3, 0.4) is 0 Å². The second-order valence-corrected chi connectivity index (χ2v) is 8.99. The number of thiazole rings is 1. The second-order valence-electron chi connectivity index (χ2n) is 7.99. The first-order chi connectivity index (χ1) is 16.9. The molecule has 1 amide bonds. The van der Waals surface area contributed by atoms with Crippen LogP contribution in [0.5, 0.6) is 0 Å². The van der Waals surface area contributed by atoms with E-state index in [-0.39, 0.29) is 5.91 Å². The zero-order chi connectivity index (χ0) is 24.5. The lowest BCUT2D eigenvalue weighted by Crippen LogP contribution is -2.17. The van der Waals surface area contributed by atoms with Gasteiger partial charge in [-0.25, -0.2) is 4.98 Å². The van der Waals surface area contributed by atoms with E-state index in [0.717, 1.165) is 27.4 Å². The third kappa shape index (κ3) is 4.43. The third-order valence-electron chi connectivity index (χ3n) is 5.47. The van der Waals surface area contributed by atoms with Gasteiger partial charge in [-0.2, -0.15) is 10.1 Å². The van der Waals surface area contributed by atoms with E-state index in [0.29, 0.717) is 40.3 Å². The minimum Gasteiger partial charge on any atom is -0.382 e. The summed E-state index contributed by atoms with van der Waals surface area (Å²) in [7, 11) is 0. The molecular weight excluding hydrogens is 462 g/mol. The lowest BCUT2D eigenvalue weighted by Gasteiger charge is -2.09. The van der Waals surface area contributed by atoms with Crippen molar-refractivity contribution in [2.75, 3.05) is 11.1 Å². The summed E-state index contributed by atoms with van der Waals surface area (Å²) in [6.07, 6.45) is 0. The maximum atomic E-state index is 12.8. The summed E-state index contributed by atoms with van der Waals surface area (Å²) in [4.78, 5) is 22.5. The quantitative estimate of drug-likeness (QED) is 0.339. The van der Waals surface area contributed by atoms with E-state index in [1.165, 1.54) is 11.3 Å². The number of nitrogens with one attached hydrogen (secondary N) is 1. The molecule has 2 aromatic carbocycles. The monoisotopic (exact) mass is 485 g/mol. The van der Waals surface area contributed by atoms with Crippen molar-refractivity contribution in [2.45, 2.75) is 27.3 Å². The molecule has 9 nitrogen and oxygen atoms in total. The molecule has 0 aliphatic rings. The highest BCUT2D eigenvalue weighted by Crippen LogP contribution is 2.37. The first-order valence-corrected chi connectivity index (χ1v) is 11.9. The fourth-order valence-electron chi connectivity index (χ4n) is 3.72. The highest BCUT2D eigenvalue weighted by atomic mass is 32.1. The van der Waals surface area contributed by atoms with Crippen LogP contribution in [0.1, 0.15) is 28.7 Å². The Balaban J connectivity index is 1.42. The van der Waals surface area contributed by atoms with Gasteiger partial charge in [-0.1, -0.05) is 41.6 Å². The van der Waals surface area contributed by atoms with E-state index in [2.05, 4.69) is 25.5 Å². The first-order valence-electron chi connectivity index (χ1n) is 11.1. The summed E-state index contributed by atoms with van der Waals surface area (Å²) in [5.41, 5.74) is 10.7. The number of amides is 1. The molecule has 0 aliphatic carbocycles. The SMILES string of the molecule is CCn1nc(C)cc1C(=O)Nc1ccc(C)c(-c2noc(-c3sc(-c4ccccc4)nc3N)n2)c1. The van der Waals surface area contributed by atoms with Gasteiger partial charge in [-0.05, 0) is 44.5 Å². The van der Waals surface area contributed by atoms with Gasteiger partial charge in [0.1, 0.15) is 21.4 Å². The van der Waals surface area contributed by atoms with E-state index in [1.54, 1.807) is 10.7 Å². The molecule has 0 bridgehead atoms. The Bertz CT molecular complexity index is 1520. The van der Waals surface area contributed by atoms with Gasteiger partial charge in [0.15, 0.2) is 0 Å². The van der Waals surface area contributed by atoms with E-state index >= 15 is 0 Å². The maximum absolute atomic E-state index is 12.8. The zero-order valence-electron chi connectivity index (χ0n) is 19.4. The van der Waals surface area contributed by atoms with Crippen LogP contribution in [0, 0.1) is 13.8 Å². The van der Waals surface area contributed by atoms with Crippen LogP contribution in [-0.4, -0.2) is 30.8 Å². The van der Waals surface area contributed by atoms with Crippen LogP contribution in [0.4, 0.5) is 11.5 Å². The summed E-state index contributed by atoms with van der Waals surface area (Å²) >= 11 is 1.40. The number of aryl methyl sites for hydroxylation is 3. The molecule has 0 unspecified atom stereocenters. The molecule has 0 saturated heterocycles. The Kier molecular flexibility index (Phi) is 5.87. The molecule has 0 fully saturated rings. The second kappa shape index (κ2) is 9.15. The number of nitrogens with zero attached hydrogens (tertiary/aromatic N) is 5. The highest BCUT2D eigenvalue weighted by Gasteiger charge is 2.20. The fourth-order valence-corrected chi connectivity index (χ4v) is 4.63. The summed E-state index contributed by atoms with van der Waals surface area (Å²) in [6.45, 7) is 6.36. The van der Waals surface area contributed by atoms with Crippen LogP contribution in [-0.2, 0) is 6.54 Å². The van der Waals surface area contributed by atoms with E-state index < -0.39 is 0 Å². The van der Waals surface area contributed by atoms with Gasteiger partial charge in [-0.15, -0.1) is 11.3 Å². The van der Waals surface area contributed by atoms with Crippen LogP contribution in [0.15, 0.2) is 59.1 Å². The van der Waals surface area contributed by atoms with Gasteiger partial charge < -0.3 is 15.6 Å². The Morgan fingerprint density at radius 2 is 1.91 bits per heavy atom. The lowest BCUT2D eigenvalue weighted by molar-refractivity contribution is 0.101. The normalized spacial score (nSPS) is 11.1. The fraction of sp³-hybridized carbons (Fsp3) is 0.160. The molecule has 176 valence electrons. The molecular formula is C25H23N7O2S. The molecule has 0 saturated carbocycles. The number of rotatable bonds is 6. The molecule has 0 radical (unpaired) electrons. The molecule has 5 rings (SSSR count). The molecule has 0 atom stereocenters. The number of nitrogen functional groups attached to an aromatic ring is 1. The van der Waals surface area contributed by atoms with Crippen LogP contribution in [0.25, 0.3) is 32.7 Å². The van der Waals surface area contributed by atoms with Crippen LogP contribution < -0.4 is 11.1 Å². The van der Waals surface area contributed by atoms with Crippen molar-refractivity contribution in [3.8, 4) is 32.7 Å². The molecule has 3 heterocycles. The Hall–Kier alpha value is -4.31. The Labute approximate surface area is 205 Å². The number of benzene rings is 2. The van der Waals surface area contributed by atoms with Gasteiger partial charge in [0.05, 0.1) is 5.69 Å². The van der Waals surface area contributed by atoms with Gasteiger partial charge in [0.2, 0.25) is 5.82 Å². The van der Waals surface area contributed by atoms with Crippen molar-refractivity contribution in [3.63, 3.8) is 0 Å². The topological polar surface area (TPSA) is 125 Å². The van der Waals surface area contributed by atoms with Crippen LogP contribution >= 0.6 is 11.3 Å². The number of nitrogens with two attached hydrogens (primary N) is 1. The van der Waals surface area contributed by atoms with Gasteiger partial charge in [0, 0.05) is 23.4 Å². The standard InChI is InChI=1S/C25H23N7O2S/c1-4-32-19(12-15(3)30-32)23(33)27-17-11-10-14(2)18(13-17)22-29-24(34-31-22)20-21(26)28-25(35-20)16-8-6-5-7-9-16/h5-13H,4,26H2,1-3H3,(H,27,33). The summed E-state index contributed by atoms with van der Waals surface area (Å²) in [5, 5.41) is 12.2. The third-order valence-corrected chi connectivity index (χ3v) is 6.57. The van der Waals surface area contributed by atoms with Crippen molar-refractivity contribution in [1.29, 1.82) is 0 Å². The maximum Gasteiger partial charge on any atom is 0.273 e. The summed E-state index contributed by atoms with van der Waals surface area (Å²) in [5.74, 6) is 0.803. The highest BCUT2D eigenvalue weighted by molar-refractivity contribution is 7.18. The Morgan fingerprint density at radius 3 is 2.69 bits per heavy atom. The number of aromatic nitrogens is 5. The molecule has 0 spiro atoms. The number of carbonyl (C=O) groups is 1. The largest absolute Gasteiger partial charge is 0.382 e. The molecule has 35 heavy (non-hydrogen) atoms. The van der Waals surface area contributed by atoms with Crippen molar-refractivity contribution >= 4 is 28.7 Å². The van der Waals surface area contributed by atoms with E-state index in [9.17, 15) is 4.79 Å². The smallest absolute Gasteiger partial charge is 0.273 e. The number of carbonyl (C=O) groups excluding carboxylic acids is 1. The van der Waals surface area contributed by atoms with Crippen molar-refractivity contribution < 1.29 is 9.32 Å². The van der Waals surface area contributed by atoms with Crippen molar-refractivity contribution in [2.24, 2.45) is 0 Å². The molecule has 3 N–H and O–H groups in total. The van der Waals surface area contributed by atoms with Gasteiger partial charge in [-0.3, -0.25) is 9.48 Å². The summed E-state index contributed by atoms with van der Waals surface area (Å²) in [6, 6.07) is 17.1.